The lowest BCUT2D eigenvalue weighted by atomic mass is 9.97. The van der Waals surface area contributed by atoms with Gasteiger partial charge in [-0.3, -0.25) is 14.6 Å². The van der Waals surface area contributed by atoms with Gasteiger partial charge in [0.15, 0.2) is 0 Å². The van der Waals surface area contributed by atoms with Crippen LogP contribution in [0.1, 0.15) is 28.4 Å². The summed E-state index contributed by atoms with van der Waals surface area (Å²) in [5, 5.41) is 11.7. The molecule has 0 saturated carbocycles. The normalized spacial score (nSPS) is 17.2. The lowest BCUT2D eigenvalue weighted by Crippen LogP contribution is -2.29. The van der Waals surface area contributed by atoms with Crippen LogP contribution in [0.3, 0.4) is 0 Å². The number of aryl methyl sites for hydroxylation is 1. The largest absolute Gasteiger partial charge is 0.507 e. The van der Waals surface area contributed by atoms with Crippen LogP contribution in [0.5, 0.6) is 11.5 Å². The molecule has 7 nitrogen and oxygen atoms in total. The molecule has 0 spiro atoms. The van der Waals surface area contributed by atoms with E-state index in [2.05, 4.69) is 4.98 Å². The minimum absolute atomic E-state index is 0.0817. The molecule has 174 valence electrons. The second-order valence-corrected chi connectivity index (χ2v) is 8.23. The Hall–Kier alpha value is -3.84. The number of aliphatic hydroxyl groups excluding tert-OH is 1. The van der Waals surface area contributed by atoms with Crippen molar-refractivity contribution in [3.63, 3.8) is 0 Å². The Morgan fingerprint density at radius 3 is 2.50 bits per heavy atom. The number of aliphatic hydroxyl groups is 1. The Morgan fingerprint density at radius 2 is 1.82 bits per heavy atom. The third-order valence-corrected chi connectivity index (χ3v) is 5.97. The van der Waals surface area contributed by atoms with Gasteiger partial charge in [0.25, 0.3) is 11.7 Å². The summed E-state index contributed by atoms with van der Waals surface area (Å²) in [5.74, 6) is -1.15. The fraction of sp³-hybridized carbons (Fsp3) is 0.192. The molecule has 1 N–H and O–H groups in total. The molecule has 2 aromatic carbocycles. The minimum Gasteiger partial charge on any atom is -0.507 e. The first-order chi connectivity index (χ1) is 16.4. The molecular weight excluding hydrogens is 456 g/mol. The van der Waals surface area contributed by atoms with Crippen molar-refractivity contribution in [3.05, 3.63) is 93.8 Å². The van der Waals surface area contributed by atoms with Crippen molar-refractivity contribution >= 4 is 29.1 Å². The minimum atomic E-state index is -0.921. The Morgan fingerprint density at radius 1 is 1.09 bits per heavy atom. The number of hydrogen-bond acceptors (Lipinski definition) is 6. The first-order valence-electron chi connectivity index (χ1n) is 10.5. The van der Waals surface area contributed by atoms with Crippen molar-refractivity contribution in [2.75, 3.05) is 14.2 Å². The summed E-state index contributed by atoms with van der Waals surface area (Å²) in [5.41, 5.74) is 2.05. The van der Waals surface area contributed by atoms with Crippen LogP contribution >= 0.6 is 11.6 Å². The Balaban J connectivity index is 1.92. The van der Waals surface area contributed by atoms with E-state index in [-0.39, 0.29) is 34.2 Å². The van der Waals surface area contributed by atoms with Crippen molar-refractivity contribution in [3.8, 4) is 11.5 Å². The van der Waals surface area contributed by atoms with Gasteiger partial charge in [-0.05, 0) is 42.8 Å². The first-order valence-corrected chi connectivity index (χ1v) is 10.9. The molecule has 1 aliphatic rings. The van der Waals surface area contributed by atoms with E-state index in [1.807, 2.05) is 18.2 Å². The number of likely N-dealkylation sites (tertiary alicyclic amines) is 1. The van der Waals surface area contributed by atoms with Crippen LogP contribution in [0.4, 0.5) is 0 Å². The summed E-state index contributed by atoms with van der Waals surface area (Å²) in [6.07, 6.45) is 1.57. The van der Waals surface area contributed by atoms with Crippen LogP contribution in [0.2, 0.25) is 5.02 Å². The van der Waals surface area contributed by atoms with E-state index >= 15 is 0 Å². The second kappa shape index (κ2) is 9.57. The topological polar surface area (TPSA) is 89.0 Å². The predicted octanol–water partition coefficient (Wildman–Crippen LogP) is 4.68. The number of amides is 1. The fourth-order valence-corrected chi connectivity index (χ4v) is 4.51. The van der Waals surface area contributed by atoms with Crippen LogP contribution in [0.15, 0.2) is 66.4 Å². The number of ether oxygens (including phenoxy) is 2. The summed E-state index contributed by atoms with van der Waals surface area (Å²) in [6, 6.07) is 14.9. The molecule has 0 radical (unpaired) electrons. The predicted molar refractivity (Wildman–Crippen MR) is 128 cm³/mol. The van der Waals surface area contributed by atoms with Gasteiger partial charge in [0.05, 0.1) is 42.6 Å². The van der Waals surface area contributed by atoms with Gasteiger partial charge in [0.2, 0.25) is 0 Å². The lowest BCUT2D eigenvalue weighted by molar-refractivity contribution is -0.140. The fourth-order valence-electron chi connectivity index (χ4n) is 4.16. The summed E-state index contributed by atoms with van der Waals surface area (Å²) in [7, 11) is 2.96. The van der Waals surface area contributed by atoms with E-state index in [0.29, 0.717) is 17.0 Å². The maximum atomic E-state index is 13.3. The van der Waals surface area contributed by atoms with Crippen LogP contribution < -0.4 is 9.47 Å². The average molecular weight is 479 g/mol. The lowest BCUT2D eigenvalue weighted by Gasteiger charge is -2.25. The van der Waals surface area contributed by atoms with Crippen LogP contribution in [-0.4, -0.2) is 40.9 Å². The number of hydrogen-bond donors (Lipinski definition) is 1. The number of aromatic nitrogens is 1. The SMILES string of the molecule is COc1ccccc1CN1C(=O)C(=O)/C(=C(/O)c2cc(C)cc(Cl)c2OC)C1c1ccccn1. The molecule has 1 aliphatic heterocycles. The number of ketones is 1. The Labute approximate surface area is 202 Å². The summed E-state index contributed by atoms with van der Waals surface area (Å²) >= 11 is 6.33. The van der Waals surface area contributed by atoms with Gasteiger partial charge in [-0.15, -0.1) is 0 Å². The maximum Gasteiger partial charge on any atom is 0.296 e. The number of pyridine rings is 1. The van der Waals surface area contributed by atoms with Crippen LogP contribution in [-0.2, 0) is 16.1 Å². The van der Waals surface area contributed by atoms with E-state index in [9.17, 15) is 14.7 Å². The Bertz CT molecular complexity index is 1290. The van der Waals surface area contributed by atoms with E-state index < -0.39 is 17.7 Å². The van der Waals surface area contributed by atoms with Gasteiger partial charge in [0.1, 0.15) is 23.3 Å². The van der Waals surface area contributed by atoms with Crippen molar-refractivity contribution in [2.24, 2.45) is 0 Å². The van der Waals surface area contributed by atoms with E-state index in [4.69, 9.17) is 21.1 Å². The van der Waals surface area contributed by atoms with Gasteiger partial charge in [-0.25, -0.2) is 0 Å². The molecular formula is C26H23ClN2O5. The molecule has 34 heavy (non-hydrogen) atoms. The van der Waals surface area contributed by atoms with Gasteiger partial charge in [-0.2, -0.15) is 0 Å². The van der Waals surface area contributed by atoms with Crippen molar-refractivity contribution in [2.45, 2.75) is 19.5 Å². The number of halogens is 1. The highest BCUT2D eigenvalue weighted by Gasteiger charge is 2.47. The van der Waals surface area contributed by atoms with Crippen molar-refractivity contribution < 1.29 is 24.2 Å². The van der Waals surface area contributed by atoms with E-state index in [1.54, 1.807) is 49.5 Å². The molecule has 2 heterocycles. The van der Waals surface area contributed by atoms with E-state index in [1.165, 1.54) is 19.1 Å². The number of rotatable bonds is 6. The monoisotopic (exact) mass is 478 g/mol. The number of carbonyl (C=O) groups excluding carboxylic acids is 2. The van der Waals surface area contributed by atoms with Gasteiger partial charge < -0.3 is 19.5 Å². The summed E-state index contributed by atoms with van der Waals surface area (Å²) in [4.78, 5) is 32.3. The number of nitrogens with zero attached hydrogens (tertiary/aromatic N) is 2. The van der Waals surface area contributed by atoms with Crippen molar-refractivity contribution in [1.29, 1.82) is 0 Å². The zero-order chi connectivity index (χ0) is 24.4. The van der Waals surface area contributed by atoms with Crippen LogP contribution in [0, 0.1) is 6.92 Å². The highest BCUT2D eigenvalue weighted by atomic mass is 35.5. The number of methoxy groups -OCH3 is 2. The second-order valence-electron chi connectivity index (χ2n) is 7.82. The molecule has 0 aliphatic carbocycles. The highest BCUT2D eigenvalue weighted by molar-refractivity contribution is 6.46. The third-order valence-electron chi connectivity index (χ3n) is 5.69. The molecule has 1 unspecified atom stereocenters. The maximum absolute atomic E-state index is 13.3. The smallest absolute Gasteiger partial charge is 0.296 e. The molecule has 4 rings (SSSR count). The van der Waals surface area contributed by atoms with Gasteiger partial charge >= 0.3 is 0 Å². The molecule has 1 aromatic heterocycles. The van der Waals surface area contributed by atoms with E-state index in [0.717, 1.165) is 5.56 Å². The molecule has 1 fully saturated rings. The van der Waals surface area contributed by atoms with Gasteiger partial charge in [-0.1, -0.05) is 35.9 Å². The number of carbonyl (C=O) groups is 2. The molecule has 1 atom stereocenters. The number of para-hydroxylation sites is 1. The molecule has 1 saturated heterocycles. The standard InChI is InChI=1S/C26H23ClN2O5/c1-15-12-17(25(34-3)18(27)13-15)23(30)21-22(19-9-6-7-11-28-19)29(26(32)24(21)31)14-16-8-4-5-10-20(16)33-2/h4-13,22,30H,14H2,1-3H3/b23-21+. The zero-order valence-corrected chi connectivity index (χ0v) is 19.7. The van der Waals surface area contributed by atoms with Gasteiger partial charge in [0, 0.05) is 11.8 Å². The third kappa shape index (κ3) is 4.10. The summed E-state index contributed by atoms with van der Waals surface area (Å²) in [6.45, 7) is 1.89. The van der Waals surface area contributed by atoms with Crippen LogP contribution in [0.25, 0.3) is 5.76 Å². The molecule has 3 aromatic rings. The molecule has 1 amide bonds. The number of benzene rings is 2. The molecule has 0 bridgehead atoms. The quantitative estimate of drug-likeness (QED) is 0.314. The first kappa shape index (κ1) is 23.3. The summed E-state index contributed by atoms with van der Waals surface area (Å²) < 4.78 is 10.8. The number of Topliss-reactive ketones (excluding diaryl/α,β-unsaturated/α-hetero) is 1. The molecule has 8 heteroatoms. The average Bonchev–Trinajstić information content (AvgIpc) is 3.09. The van der Waals surface area contributed by atoms with Crippen molar-refractivity contribution in [1.82, 2.24) is 9.88 Å². The highest BCUT2D eigenvalue weighted by Crippen LogP contribution is 2.43. The zero-order valence-electron chi connectivity index (χ0n) is 18.9. The Kier molecular flexibility index (Phi) is 6.56.